The van der Waals surface area contributed by atoms with Crippen molar-refractivity contribution in [3.05, 3.63) is 89.5 Å². The van der Waals surface area contributed by atoms with E-state index in [9.17, 15) is 4.79 Å². The van der Waals surface area contributed by atoms with Gasteiger partial charge < -0.3 is 14.8 Å². The third-order valence-corrected chi connectivity index (χ3v) is 4.37. The Hall–Kier alpha value is -3.38. The molecule has 0 bridgehead atoms. The molecule has 5 nitrogen and oxygen atoms in total. The van der Waals surface area contributed by atoms with Gasteiger partial charge >= 0.3 is 0 Å². The first-order valence-electron chi connectivity index (χ1n) is 9.61. The Morgan fingerprint density at radius 3 is 2.17 bits per heavy atom. The molecule has 0 fully saturated rings. The fourth-order valence-electron chi connectivity index (χ4n) is 2.95. The van der Waals surface area contributed by atoms with Gasteiger partial charge in [0, 0.05) is 11.3 Å². The Labute approximate surface area is 182 Å². The van der Waals surface area contributed by atoms with E-state index < -0.39 is 0 Å². The molecular weight excluding hydrogens is 396 g/mol. The quantitative estimate of drug-likeness (QED) is 0.421. The van der Waals surface area contributed by atoms with Crippen molar-refractivity contribution in [1.29, 1.82) is 0 Å². The molecule has 3 rings (SSSR count). The minimum absolute atomic E-state index is 0.243. The molecule has 0 aliphatic carbocycles. The summed E-state index contributed by atoms with van der Waals surface area (Å²) in [6.45, 7) is 4.80. The molecule has 154 valence electrons. The number of para-hydroxylation sites is 1. The molecule has 1 amide bonds. The zero-order valence-corrected chi connectivity index (χ0v) is 17.8. The molecule has 6 heteroatoms. The molecule has 3 aromatic carbocycles. The van der Waals surface area contributed by atoms with E-state index in [4.69, 9.17) is 21.7 Å². The lowest BCUT2D eigenvalue weighted by molar-refractivity contribution is 0.0977. The highest BCUT2D eigenvalue weighted by Gasteiger charge is 2.09. The molecule has 0 spiro atoms. The molecule has 0 heterocycles. The molecule has 0 atom stereocenters. The number of hydrogen-bond acceptors (Lipinski definition) is 4. The van der Waals surface area contributed by atoms with E-state index >= 15 is 0 Å². The van der Waals surface area contributed by atoms with Gasteiger partial charge in [-0.25, -0.2) is 0 Å². The summed E-state index contributed by atoms with van der Waals surface area (Å²) in [5.41, 5.74) is 3.54. The highest BCUT2D eigenvalue weighted by atomic mass is 32.1. The minimum atomic E-state index is -0.303. The number of carbonyl (C=O) groups excluding carboxylic acids is 1. The molecule has 0 unspecified atom stereocenters. The van der Waals surface area contributed by atoms with Gasteiger partial charge in [-0.1, -0.05) is 30.3 Å². The average Bonchev–Trinajstić information content (AvgIpc) is 2.71. The first-order valence-corrected chi connectivity index (χ1v) is 10.0. The van der Waals surface area contributed by atoms with E-state index in [1.807, 2.05) is 56.3 Å². The average molecular weight is 421 g/mol. The normalized spacial score (nSPS) is 10.2. The predicted octanol–water partition coefficient (Wildman–Crippen LogP) is 4.89. The van der Waals surface area contributed by atoms with Crippen molar-refractivity contribution in [3.63, 3.8) is 0 Å². The molecule has 30 heavy (non-hydrogen) atoms. The lowest BCUT2D eigenvalue weighted by Crippen LogP contribution is -2.34. The number of hydrogen-bond donors (Lipinski definition) is 2. The molecule has 0 aliphatic rings. The van der Waals surface area contributed by atoms with E-state index in [-0.39, 0.29) is 11.0 Å². The zero-order chi connectivity index (χ0) is 21.3. The Morgan fingerprint density at radius 2 is 1.47 bits per heavy atom. The molecule has 0 saturated heterocycles. The van der Waals surface area contributed by atoms with E-state index in [1.165, 1.54) is 0 Å². The van der Waals surface area contributed by atoms with Crippen LogP contribution in [0.1, 0.15) is 21.5 Å². The molecule has 0 saturated carbocycles. The van der Waals surface area contributed by atoms with E-state index in [2.05, 4.69) is 16.7 Å². The van der Waals surface area contributed by atoms with Gasteiger partial charge in [0.1, 0.15) is 24.7 Å². The van der Waals surface area contributed by atoms with Gasteiger partial charge in [-0.05, 0) is 79.7 Å². The second kappa shape index (κ2) is 10.4. The summed E-state index contributed by atoms with van der Waals surface area (Å²) < 4.78 is 11.3. The summed E-state index contributed by atoms with van der Waals surface area (Å²) in [6.07, 6.45) is 0. The van der Waals surface area contributed by atoms with Gasteiger partial charge in [-0.3, -0.25) is 10.1 Å². The summed E-state index contributed by atoms with van der Waals surface area (Å²) in [4.78, 5) is 12.5. The Balaban J connectivity index is 1.50. The van der Waals surface area contributed by atoms with Crippen LogP contribution in [0.15, 0.2) is 72.8 Å². The van der Waals surface area contributed by atoms with Crippen molar-refractivity contribution < 1.29 is 14.3 Å². The predicted molar refractivity (Wildman–Crippen MR) is 123 cm³/mol. The van der Waals surface area contributed by atoms with Gasteiger partial charge in [0.2, 0.25) is 0 Å². The Bertz CT molecular complexity index is 1000. The first-order chi connectivity index (χ1) is 14.5. The Morgan fingerprint density at radius 1 is 0.833 bits per heavy atom. The summed E-state index contributed by atoms with van der Waals surface area (Å²) in [5, 5.41) is 5.99. The third kappa shape index (κ3) is 6.60. The standard InChI is InChI=1S/C24H24N2O3S/c1-17-13-18(2)15-20(14-17)25-24(30)26-23(27)19-7-6-10-22(16-19)29-12-11-28-21-8-4-3-5-9-21/h3-10,13-16H,11-12H2,1-2H3,(H2,25,26,27,30). The fourth-order valence-corrected chi connectivity index (χ4v) is 3.16. The van der Waals surface area contributed by atoms with Crippen LogP contribution in [-0.4, -0.2) is 24.2 Å². The minimum Gasteiger partial charge on any atom is -0.490 e. The number of benzene rings is 3. The lowest BCUT2D eigenvalue weighted by Gasteiger charge is -2.12. The molecule has 0 aromatic heterocycles. The lowest BCUT2D eigenvalue weighted by atomic mass is 10.1. The smallest absolute Gasteiger partial charge is 0.257 e. The molecule has 0 aliphatic heterocycles. The van der Waals surface area contributed by atoms with Gasteiger partial charge in [0.25, 0.3) is 5.91 Å². The molecule has 3 aromatic rings. The van der Waals surface area contributed by atoms with E-state index in [1.54, 1.807) is 24.3 Å². The summed E-state index contributed by atoms with van der Waals surface area (Å²) >= 11 is 5.27. The van der Waals surface area contributed by atoms with Crippen molar-refractivity contribution in [2.24, 2.45) is 0 Å². The summed E-state index contributed by atoms with van der Waals surface area (Å²) in [5.74, 6) is 1.08. The van der Waals surface area contributed by atoms with Crippen LogP contribution in [-0.2, 0) is 0 Å². The van der Waals surface area contributed by atoms with Gasteiger partial charge in [0.05, 0.1) is 0 Å². The van der Waals surface area contributed by atoms with E-state index in [0.717, 1.165) is 22.6 Å². The number of rotatable bonds is 7. The summed E-state index contributed by atoms with van der Waals surface area (Å²) in [6, 6.07) is 22.5. The maximum absolute atomic E-state index is 12.5. The van der Waals surface area contributed by atoms with Crippen molar-refractivity contribution in [2.75, 3.05) is 18.5 Å². The topological polar surface area (TPSA) is 59.6 Å². The maximum atomic E-state index is 12.5. The van der Waals surface area contributed by atoms with Crippen LogP contribution >= 0.6 is 12.2 Å². The van der Waals surface area contributed by atoms with Crippen molar-refractivity contribution >= 4 is 28.9 Å². The number of nitrogens with one attached hydrogen (secondary N) is 2. The molecular formula is C24H24N2O3S. The van der Waals surface area contributed by atoms with Crippen LogP contribution in [0, 0.1) is 13.8 Å². The zero-order valence-electron chi connectivity index (χ0n) is 17.0. The molecule has 2 N–H and O–H groups in total. The van der Waals surface area contributed by atoms with Crippen LogP contribution in [0.25, 0.3) is 0 Å². The van der Waals surface area contributed by atoms with Crippen LogP contribution < -0.4 is 20.1 Å². The van der Waals surface area contributed by atoms with Gasteiger partial charge in [0.15, 0.2) is 5.11 Å². The van der Waals surface area contributed by atoms with Crippen LogP contribution in [0.4, 0.5) is 5.69 Å². The van der Waals surface area contributed by atoms with Crippen LogP contribution in [0.5, 0.6) is 11.5 Å². The maximum Gasteiger partial charge on any atom is 0.257 e. The third-order valence-electron chi connectivity index (χ3n) is 4.17. The number of anilines is 1. The second-order valence-electron chi connectivity index (χ2n) is 6.82. The largest absolute Gasteiger partial charge is 0.490 e. The number of amides is 1. The highest BCUT2D eigenvalue weighted by molar-refractivity contribution is 7.80. The SMILES string of the molecule is Cc1cc(C)cc(NC(=S)NC(=O)c2cccc(OCCOc3ccccc3)c2)c1. The van der Waals surface area contributed by atoms with Crippen LogP contribution in [0.3, 0.4) is 0 Å². The number of carbonyl (C=O) groups is 1. The monoisotopic (exact) mass is 420 g/mol. The van der Waals surface area contributed by atoms with Crippen LogP contribution in [0.2, 0.25) is 0 Å². The first kappa shape index (κ1) is 21.3. The second-order valence-corrected chi connectivity index (χ2v) is 7.23. The fraction of sp³-hybridized carbons (Fsp3) is 0.167. The Kier molecular flexibility index (Phi) is 7.40. The van der Waals surface area contributed by atoms with E-state index in [0.29, 0.717) is 24.5 Å². The number of thiocarbonyl (C=S) groups is 1. The van der Waals surface area contributed by atoms with Crippen molar-refractivity contribution in [3.8, 4) is 11.5 Å². The highest BCUT2D eigenvalue weighted by Crippen LogP contribution is 2.15. The van der Waals surface area contributed by atoms with Crippen molar-refractivity contribution in [1.82, 2.24) is 5.32 Å². The number of ether oxygens (including phenoxy) is 2. The summed E-state index contributed by atoms with van der Waals surface area (Å²) in [7, 11) is 0. The molecule has 0 radical (unpaired) electrons. The van der Waals surface area contributed by atoms with Crippen molar-refractivity contribution in [2.45, 2.75) is 13.8 Å². The van der Waals surface area contributed by atoms with Gasteiger partial charge in [-0.2, -0.15) is 0 Å². The van der Waals surface area contributed by atoms with Gasteiger partial charge in [-0.15, -0.1) is 0 Å². The number of aryl methyl sites for hydroxylation is 2.